The summed E-state index contributed by atoms with van der Waals surface area (Å²) in [5, 5.41) is 3.63. The van der Waals surface area contributed by atoms with E-state index in [-0.39, 0.29) is 5.91 Å². The lowest BCUT2D eigenvalue weighted by atomic mass is 10.0. The molecule has 0 radical (unpaired) electrons. The van der Waals surface area contributed by atoms with Gasteiger partial charge < -0.3 is 5.32 Å². The van der Waals surface area contributed by atoms with Crippen LogP contribution in [0.3, 0.4) is 0 Å². The van der Waals surface area contributed by atoms with E-state index in [4.69, 9.17) is 0 Å². The number of aryl methyl sites for hydroxylation is 1. The molecular formula is C14H19NOS2. The van der Waals surface area contributed by atoms with Crippen molar-refractivity contribution in [2.45, 2.75) is 19.1 Å². The zero-order valence-corrected chi connectivity index (χ0v) is 12.5. The maximum atomic E-state index is 12.1. The maximum absolute atomic E-state index is 12.1. The Hall–Kier alpha value is -0.610. The monoisotopic (exact) mass is 281 g/mol. The second-order valence-electron chi connectivity index (χ2n) is 4.53. The Kier molecular flexibility index (Phi) is 5.01. The smallest absolute Gasteiger partial charge is 0.251 e. The van der Waals surface area contributed by atoms with Gasteiger partial charge >= 0.3 is 0 Å². The van der Waals surface area contributed by atoms with Gasteiger partial charge in [-0.05, 0) is 31.0 Å². The third-order valence-corrected chi connectivity index (χ3v) is 6.07. The van der Waals surface area contributed by atoms with Crippen molar-refractivity contribution < 1.29 is 4.79 Å². The SMILES string of the molecule is Cc1cccc(C(=O)NC[C@H]2CSCCS2)c1C. The van der Waals surface area contributed by atoms with E-state index in [0.717, 1.165) is 23.4 Å². The first-order chi connectivity index (χ1) is 8.68. The average Bonchev–Trinajstić information content (AvgIpc) is 2.40. The van der Waals surface area contributed by atoms with Gasteiger partial charge in [0.2, 0.25) is 0 Å². The van der Waals surface area contributed by atoms with Gasteiger partial charge in [0.1, 0.15) is 0 Å². The third-order valence-electron chi connectivity index (χ3n) is 3.22. The van der Waals surface area contributed by atoms with Crippen molar-refractivity contribution in [2.75, 3.05) is 23.8 Å². The number of carbonyl (C=O) groups is 1. The van der Waals surface area contributed by atoms with Crippen LogP contribution in [0.2, 0.25) is 0 Å². The van der Waals surface area contributed by atoms with Gasteiger partial charge in [0.15, 0.2) is 0 Å². The minimum Gasteiger partial charge on any atom is -0.351 e. The minimum absolute atomic E-state index is 0.0624. The number of amides is 1. The molecule has 2 rings (SSSR count). The van der Waals surface area contributed by atoms with Gasteiger partial charge in [-0.2, -0.15) is 23.5 Å². The van der Waals surface area contributed by atoms with Crippen LogP contribution >= 0.6 is 23.5 Å². The summed E-state index contributed by atoms with van der Waals surface area (Å²) in [6.45, 7) is 4.83. The molecule has 4 heteroatoms. The Morgan fingerprint density at radius 1 is 1.39 bits per heavy atom. The van der Waals surface area contributed by atoms with Gasteiger partial charge in [-0.3, -0.25) is 4.79 Å². The van der Waals surface area contributed by atoms with E-state index in [1.54, 1.807) is 0 Å². The van der Waals surface area contributed by atoms with Gasteiger partial charge in [0.05, 0.1) is 0 Å². The van der Waals surface area contributed by atoms with Gasteiger partial charge in [-0.25, -0.2) is 0 Å². The largest absolute Gasteiger partial charge is 0.351 e. The van der Waals surface area contributed by atoms with Gasteiger partial charge in [-0.15, -0.1) is 0 Å². The summed E-state index contributed by atoms with van der Waals surface area (Å²) in [7, 11) is 0. The van der Waals surface area contributed by atoms with Crippen LogP contribution in [0.4, 0.5) is 0 Å². The second kappa shape index (κ2) is 6.53. The first-order valence-corrected chi connectivity index (χ1v) is 8.42. The summed E-state index contributed by atoms with van der Waals surface area (Å²) < 4.78 is 0. The number of carbonyl (C=O) groups excluding carboxylic acids is 1. The molecule has 0 unspecified atom stereocenters. The molecule has 2 nitrogen and oxygen atoms in total. The van der Waals surface area contributed by atoms with Crippen molar-refractivity contribution in [2.24, 2.45) is 0 Å². The highest BCUT2D eigenvalue weighted by atomic mass is 32.2. The Labute approximate surface area is 117 Å². The van der Waals surface area contributed by atoms with Gasteiger partial charge in [0.25, 0.3) is 5.91 Å². The molecule has 0 bridgehead atoms. The number of rotatable bonds is 3. The van der Waals surface area contributed by atoms with Crippen LogP contribution in [-0.4, -0.2) is 35.0 Å². The van der Waals surface area contributed by atoms with E-state index in [2.05, 4.69) is 5.32 Å². The van der Waals surface area contributed by atoms with E-state index < -0.39 is 0 Å². The molecule has 0 spiro atoms. The second-order valence-corrected chi connectivity index (χ2v) is 7.08. The van der Waals surface area contributed by atoms with Crippen LogP contribution in [0, 0.1) is 13.8 Å². The van der Waals surface area contributed by atoms with Crippen LogP contribution < -0.4 is 5.32 Å². The molecule has 1 aromatic rings. The molecule has 0 saturated carbocycles. The van der Waals surface area contributed by atoms with Crippen molar-refractivity contribution in [3.05, 3.63) is 34.9 Å². The van der Waals surface area contributed by atoms with E-state index in [1.165, 1.54) is 17.1 Å². The van der Waals surface area contributed by atoms with Crippen LogP contribution in [0.1, 0.15) is 21.5 Å². The van der Waals surface area contributed by atoms with E-state index in [1.807, 2.05) is 55.6 Å². The molecule has 1 aliphatic rings. The van der Waals surface area contributed by atoms with Crippen molar-refractivity contribution in [1.29, 1.82) is 0 Å². The molecule has 1 amide bonds. The molecule has 18 heavy (non-hydrogen) atoms. The molecule has 1 heterocycles. The zero-order valence-electron chi connectivity index (χ0n) is 10.9. The topological polar surface area (TPSA) is 29.1 Å². The molecule has 98 valence electrons. The predicted molar refractivity (Wildman–Crippen MR) is 81.8 cm³/mol. The van der Waals surface area contributed by atoms with Crippen LogP contribution in [-0.2, 0) is 0 Å². The summed E-state index contributed by atoms with van der Waals surface area (Å²) >= 11 is 3.96. The van der Waals surface area contributed by atoms with E-state index >= 15 is 0 Å². The van der Waals surface area contributed by atoms with Crippen molar-refractivity contribution >= 4 is 29.4 Å². The Balaban J connectivity index is 1.93. The third kappa shape index (κ3) is 3.45. The minimum atomic E-state index is 0.0624. The van der Waals surface area contributed by atoms with Crippen molar-refractivity contribution in [1.82, 2.24) is 5.32 Å². The van der Waals surface area contributed by atoms with Crippen molar-refractivity contribution in [3.8, 4) is 0 Å². The molecule has 1 aromatic carbocycles. The normalized spacial score (nSPS) is 19.6. The van der Waals surface area contributed by atoms with Gasteiger partial charge in [0, 0.05) is 34.6 Å². The van der Waals surface area contributed by atoms with Crippen LogP contribution in [0.5, 0.6) is 0 Å². The summed E-state index contributed by atoms with van der Waals surface area (Å²) in [5.74, 6) is 3.66. The highest BCUT2D eigenvalue weighted by Crippen LogP contribution is 2.23. The first-order valence-electron chi connectivity index (χ1n) is 6.22. The highest BCUT2D eigenvalue weighted by molar-refractivity contribution is 8.06. The van der Waals surface area contributed by atoms with E-state index in [9.17, 15) is 4.79 Å². The Bertz CT molecular complexity index is 428. The summed E-state index contributed by atoms with van der Waals surface area (Å²) in [6.07, 6.45) is 0. The molecule has 0 aliphatic carbocycles. The molecular weight excluding hydrogens is 262 g/mol. The number of thioether (sulfide) groups is 2. The number of nitrogens with one attached hydrogen (secondary N) is 1. The van der Waals surface area contributed by atoms with E-state index in [0.29, 0.717) is 5.25 Å². The molecule has 0 aromatic heterocycles. The number of hydrogen-bond acceptors (Lipinski definition) is 3. The summed E-state index contributed by atoms with van der Waals surface area (Å²) in [5.41, 5.74) is 3.06. The lowest BCUT2D eigenvalue weighted by molar-refractivity contribution is 0.0953. The average molecular weight is 281 g/mol. The zero-order chi connectivity index (χ0) is 13.0. The van der Waals surface area contributed by atoms with Crippen LogP contribution in [0.15, 0.2) is 18.2 Å². The fraction of sp³-hybridized carbons (Fsp3) is 0.500. The number of hydrogen-bond donors (Lipinski definition) is 1. The molecule has 1 saturated heterocycles. The molecule has 1 aliphatic heterocycles. The lowest BCUT2D eigenvalue weighted by Crippen LogP contribution is -2.33. The fourth-order valence-corrected chi connectivity index (χ4v) is 4.57. The fourth-order valence-electron chi connectivity index (χ4n) is 1.95. The Morgan fingerprint density at radius 3 is 2.94 bits per heavy atom. The van der Waals surface area contributed by atoms with Crippen molar-refractivity contribution in [3.63, 3.8) is 0 Å². The molecule has 1 fully saturated rings. The van der Waals surface area contributed by atoms with Crippen LogP contribution in [0.25, 0.3) is 0 Å². The van der Waals surface area contributed by atoms with Gasteiger partial charge in [-0.1, -0.05) is 12.1 Å². The molecule has 1 N–H and O–H groups in total. The molecule has 1 atom stereocenters. The summed E-state index contributed by atoms with van der Waals surface area (Å²) in [4.78, 5) is 12.1. The maximum Gasteiger partial charge on any atom is 0.251 e. The lowest BCUT2D eigenvalue weighted by Gasteiger charge is -2.21. The Morgan fingerprint density at radius 2 is 2.22 bits per heavy atom. The highest BCUT2D eigenvalue weighted by Gasteiger charge is 2.16. The quantitative estimate of drug-likeness (QED) is 0.923. The first kappa shape index (κ1) is 13.8. The summed E-state index contributed by atoms with van der Waals surface area (Å²) in [6, 6.07) is 5.89. The standard InChI is InChI=1S/C14H19NOS2/c1-10-4-3-5-13(11(10)2)14(16)15-8-12-9-17-6-7-18-12/h3-5,12H,6-9H2,1-2H3,(H,15,16)/t12-/m0/s1. The number of benzene rings is 1. The predicted octanol–water partition coefficient (Wildman–Crippen LogP) is 2.88.